The molecule has 2 atom stereocenters. The maximum absolute atomic E-state index is 12.3. The molecule has 0 aromatic heterocycles. The molecule has 102 valence electrons. The summed E-state index contributed by atoms with van der Waals surface area (Å²) in [5.74, 6) is -0.190. The number of aryl methyl sites for hydroxylation is 1. The van der Waals surface area contributed by atoms with E-state index in [0.717, 1.165) is 30.4 Å². The van der Waals surface area contributed by atoms with Crippen LogP contribution in [-0.2, 0) is 16.1 Å². The summed E-state index contributed by atoms with van der Waals surface area (Å²) in [5.41, 5.74) is 2.48. The number of carbonyl (C=O) groups is 2. The lowest BCUT2D eigenvalue weighted by Crippen LogP contribution is -2.31. The molecule has 2 aliphatic rings. The molecule has 1 aromatic carbocycles. The fourth-order valence-corrected chi connectivity index (χ4v) is 3.33. The molecular weight excluding hydrogens is 252 g/mol. The molecule has 20 heavy (non-hydrogen) atoms. The Hall–Kier alpha value is -2.15. The van der Waals surface area contributed by atoms with Gasteiger partial charge in [-0.15, -0.1) is 0 Å². The first-order chi connectivity index (χ1) is 9.61. The highest BCUT2D eigenvalue weighted by atomic mass is 16.2. The third-order valence-corrected chi connectivity index (χ3v) is 4.48. The van der Waals surface area contributed by atoms with Gasteiger partial charge in [0.15, 0.2) is 0 Å². The van der Waals surface area contributed by atoms with E-state index in [4.69, 9.17) is 5.26 Å². The second-order valence-electron chi connectivity index (χ2n) is 5.66. The van der Waals surface area contributed by atoms with Gasteiger partial charge < -0.3 is 0 Å². The third-order valence-electron chi connectivity index (χ3n) is 4.48. The molecule has 4 nitrogen and oxygen atoms in total. The lowest BCUT2D eigenvalue weighted by molar-refractivity contribution is -0.141. The molecule has 1 aliphatic carbocycles. The van der Waals surface area contributed by atoms with Gasteiger partial charge in [-0.3, -0.25) is 14.5 Å². The van der Waals surface area contributed by atoms with Crippen LogP contribution in [0.15, 0.2) is 18.2 Å². The molecule has 1 aliphatic heterocycles. The summed E-state index contributed by atoms with van der Waals surface area (Å²) in [4.78, 5) is 26.0. The van der Waals surface area contributed by atoms with Crippen LogP contribution in [0, 0.1) is 30.1 Å². The van der Waals surface area contributed by atoms with E-state index in [0.29, 0.717) is 12.1 Å². The summed E-state index contributed by atoms with van der Waals surface area (Å²) in [6.07, 6.45) is 2.67. The maximum atomic E-state index is 12.3. The zero-order chi connectivity index (χ0) is 14.3. The van der Waals surface area contributed by atoms with Crippen LogP contribution >= 0.6 is 0 Å². The number of nitriles is 1. The van der Waals surface area contributed by atoms with Gasteiger partial charge in [0.05, 0.1) is 30.0 Å². The van der Waals surface area contributed by atoms with Crippen LogP contribution in [0.25, 0.3) is 0 Å². The predicted octanol–water partition coefficient (Wildman–Crippen LogP) is 2.15. The SMILES string of the molecule is Cc1cc(C#N)ccc1CN1C(=O)C2CCCC2C1=O. The molecule has 0 radical (unpaired) electrons. The van der Waals surface area contributed by atoms with Crippen LogP contribution in [0.2, 0.25) is 0 Å². The number of amides is 2. The highest BCUT2D eigenvalue weighted by Gasteiger charge is 2.49. The average molecular weight is 268 g/mol. The number of carbonyl (C=O) groups excluding carboxylic acids is 2. The van der Waals surface area contributed by atoms with Crippen molar-refractivity contribution in [3.8, 4) is 6.07 Å². The fraction of sp³-hybridized carbons (Fsp3) is 0.438. The van der Waals surface area contributed by atoms with Crippen molar-refractivity contribution in [2.75, 3.05) is 0 Å². The quantitative estimate of drug-likeness (QED) is 0.772. The molecule has 4 heteroatoms. The van der Waals surface area contributed by atoms with Crippen molar-refractivity contribution in [3.63, 3.8) is 0 Å². The summed E-state index contributed by atoms with van der Waals surface area (Å²) in [6, 6.07) is 7.45. The number of fused-ring (bicyclic) bond motifs is 1. The van der Waals surface area contributed by atoms with E-state index in [1.54, 1.807) is 12.1 Å². The Labute approximate surface area is 118 Å². The van der Waals surface area contributed by atoms with E-state index < -0.39 is 0 Å². The smallest absolute Gasteiger partial charge is 0.233 e. The standard InChI is InChI=1S/C16H16N2O2/c1-10-7-11(8-17)5-6-12(10)9-18-15(19)13-3-2-4-14(13)16(18)20/h5-7,13-14H,2-4,9H2,1H3. The van der Waals surface area contributed by atoms with Gasteiger partial charge in [0, 0.05) is 0 Å². The molecule has 1 saturated carbocycles. The number of benzene rings is 1. The largest absolute Gasteiger partial charge is 0.278 e. The highest BCUT2D eigenvalue weighted by Crippen LogP contribution is 2.40. The van der Waals surface area contributed by atoms with Crippen molar-refractivity contribution in [1.82, 2.24) is 4.90 Å². The number of rotatable bonds is 2. The van der Waals surface area contributed by atoms with Crippen LogP contribution in [0.5, 0.6) is 0 Å². The molecule has 3 rings (SSSR count). The molecular formula is C16H16N2O2. The van der Waals surface area contributed by atoms with Crippen LogP contribution < -0.4 is 0 Å². The van der Waals surface area contributed by atoms with Gasteiger partial charge in [0.25, 0.3) is 0 Å². The molecule has 2 unspecified atom stereocenters. The Bertz CT molecular complexity index is 608. The molecule has 1 heterocycles. The molecule has 0 spiro atoms. The first-order valence-corrected chi connectivity index (χ1v) is 6.96. The number of nitrogens with zero attached hydrogens (tertiary/aromatic N) is 2. The second-order valence-corrected chi connectivity index (χ2v) is 5.66. The van der Waals surface area contributed by atoms with E-state index in [1.807, 2.05) is 13.0 Å². The zero-order valence-corrected chi connectivity index (χ0v) is 11.4. The number of hydrogen-bond acceptors (Lipinski definition) is 3. The topological polar surface area (TPSA) is 61.2 Å². The second kappa shape index (κ2) is 4.75. The van der Waals surface area contributed by atoms with E-state index in [9.17, 15) is 9.59 Å². The van der Waals surface area contributed by atoms with Gasteiger partial charge in [-0.25, -0.2) is 0 Å². The van der Waals surface area contributed by atoms with Gasteiger partial charge in [-0.1, -0.05) is 12.5 Å². The zero-order valence-electron chi connectivity index (χ0n) is 11.4. The Kier molecular flexibility index (Phi) is 3.06. The van der Waals surface area contributed by atoms with Gasteiger partial charge in [0.1, 0.15) is 0 Å². The highest BCUT2D eigenvalue weighted by molar-refractivity contribution is 6.05. The first kappa shape index (κ1) is 12.9. The van der Waals surface area contributed by atoms with Crippen molar-refractivity contribution in [2.24, 2.45) is 11.8 Å². The van der Waals surface area contributed by atoms with Gasteiger partial charge >= 0.3 is 0 Å². The molecule has 0 N–H and O–H groups in total. The van der Waals surface area contributed by atoms with E-state index in [-0.39, 0.29) is 23.7 Å². The van der Waals surface area contributed by atoms with Gasteiger partial charge in [-0.05, 0) is 43.0 Å². The molecule has 2 amide bonds. The minimum atomic E-state index is -0.0822. The van der Waals surface area contributed by atoms with E-state index in [1.165, 1.54) is 4.90 Å². The molecule has 0 bridgehead atoms. The summed E-state index contributed by atoms with van der Waals surface area (Å²) >= 11 is 0. The molecule has 1 aromatic rings. The number of hydrogen-bond donors (Lipinski definition) is 0. The maximum Gasteiger partial charge on any atom is 0.233 e. The minimum Gasteiger partial charge on any atom is -0.278 e. The van der Waals surface area contributed by atoms with E-state index in [2.05, 4.69) is 6.07 Å². The normalized spacial score (nSPS) is 24.9. The summed E-state index contributed by atoms with van der Waals surface area (Å²) in [5, 5.41) is 8.86. The Morgan fingerprint density at radius 1 is 1.25 bits per heavy atom. The average Bonchev–Trinajstić information content (AvgIpc) is 3.00. The van der Waals surface area contributed by atoms with Crippen LogP contribution in [0.3, 0.4) is 0 Å². The summed E-state index contributed by atoms with van der Waals surface area (Å²) < 4.78 is 0. The van der Waals surface area contributed by atoms with Crippen LogP contribution in [0.1, 0.15) is 36.0 Å². The number of imide groups is 1. The van der Waals surface area contributed by atoms with Crippen molar-refractivity contribution < 1.29 is 9.59 Å². The number of likely N-dealkylation sites (tertiary alicyclic amines) is 1. The van der Waals surface area contributed by atoms with Gasteiger partial charge in [0.2, 0.25) is 11.8 Å². The third kappa shape index (κ3) is 1.90. The predicted molar refractivity (Wildman–Crippen MR) is 72.3 cm³/mol. The molecule has 1 saturated heterocycles. The van der Waals surface area contributed by atoms with Crippen LogP contribution in [-0.4, -0.2) is 16.7 Å². The Balaban J connectivity index is 1.84. The van der Waals surface area contributed by atoms with Crippen molar-refractivity contribution >= 4 is 11.8 Å². The summed E-state index contributed by atoms with van der Waals surface area (Å²) in [7, 11) is 0. The first-order valence-electron chi connectivity index (χ1n) is 6.96. The van der Waals surface area contributed by atoms with Gasteiger partial charge in [-0.2, -0.15) is 5.26 Å². The minimum absolute atomic E-state index is 0.0127. The lowest BCUT2D eigenvalue weighted by atomic mass is 10.00. The Morgan fingerprint density at radius 2 is 1.90 bits per heavy atom. The van der Waals surface area contributed by atoms with Crippen LogP contribution in [0.4, 0.5) is 0 Å². The summed E-state index contributed by atoms with van der Waals surface area (Å²) in [6.45, 7) is 2.24. The molecule has 2 fully saturated rings. The monoisotopic (exact) mass is 268 g/mol. The fourth-order valence-electron chi connectivity index (χ4n) is 3.33. The van der Waals surface area contributed by atoms with E-state index >= 15 is 0 Å². The van der Waals surface area contributed by atoms with Crippen molar-refractivity contribution in [1.29, 1.82) is 5.26 Å². The van der Waals surface area contributed by atoms with Crippen molar-refractivity contribution in [2.45, 2.75) is 32.7 Å². The Morgan fingerprint density at radius 3 is 2.45 bits per heavy atom. The lowest BCUT2D eigenvalue weighted by Gasteiger charge is -2.17. The van der Waals surface area contributed by atoms with Crippen molar-refractivity contribution in [3.05, 3.63) is 34.9 Å².